The smallest absolute Gasteiger partial charge is 0.255 e. The zero-order valence-corrected chi connectivity index (χ0v) is 39.0. The first-order valence-corrected chi connectivity index (χ1v) is 25.2. The van der Waals surface area contributed by atoms with Crippen LogP contribution in [0.1, 0.15) is 66.1 Å². The fourth-order valence-corrected chi connectivity index (χ4v) is 10.7. The van der Waals surface area contributed by atoms with Gasteiger partial charge in [-0.2, -0.15) is 4.98 Å². The van der Waals surface area contributed by atoms with Crippen molar-refractivity contribution in [3.8, 4) is 17.6 Å². The summed E-state index contributed by atoms with van der Waals surface area (Å²) in [5.74, 6) is 7.46. The largest absolute Gasteiger partial charge is 0.494 e. The van der Waals surface area contributed by atoms with E-state index in [1.165, 1.54) is 18.3 Å². The van der Waals surface area contributed by atoms with Gasteiger partial charge < -0.3 is 29.7 Å². The molecule has 4 aromatic rings. The van der Waals surface area contributed by atoms with Crippen LogP contribution >= 0.6 is 18.7 Å². The standard InChI is InChI=1S/C48H57ClN9O5P/c1-6-32-28-39(52-48-50-30-37(49)45(53-48)51-38-15-7-8-16-43(38)64(4,5)62)42(63-3)29-41(32)57-22-19-34(20-23-57)56-26-24-55(25-27-56)21-10-9-12-33-13-11-14-35-36(33)31-58(46(35)60)40-17-18-44(59)54(2)47(40)61/h7-8,11,13-16,28-30,34,40H,6,10,17-27,31H2,1-5H3,(H2,50,51,52,53). The molecule has 3 saturated heterocycles. The highest BCUT2D eigenvalue weighted by atomic mass is 35.5. The molecule has 16 heteroatoms. The molecule has 1 aromatic heterocycles. The molecule has 3 amide bonds. The SMILES string of the molecule is CCc1cc(Nc2ncc(Cl)c(Nc3ccccc3P(C)(C)=O)n2)c(OC)cc1N1CCC(N2CCN(CCC#Cc3cccc4c3CN(C3CCC(=O)N(C)C3=O)C4=O)CC2)CC1. The van der Waals surface area contributed by atoms with Gasteiger partial charge in [0.1, 0.15) is 24.0 Å². The summed E-state index contributed by atoms with van der Waals surface area (Å²) in [4.78, 5) is 57.7. The van der Waals surface area contributed by atoms with Crippen molar-refractivity contribution in [1.82, 2.24) is 29.6 Å². The molecule has 8 rings (SSSR count). The van der Waals surface area contributed by atoms with Gasteiger partial charge in [-0.05, 0) is 80.5 Å². The van der Waals surface area contributed by atoms with Gasteiger partial charge in [-0.15, -0.1) is 0 Å². The number of amides is 3. The van der Waals surface area contributed by atoms with Crippen LogP contribution < -0.4 is 25.6 Å². The maximum atomic E-state index is 13.3. The number of likely N-dealkylation sites (N-methyl/N-ethyl adjacent to an activating group) is 1. The fourth-order valence-electron chi connectivity index (χ4n) is 9.38. The number of imide groups is 1. The lowest BCUT2D eigenvalue weighted by molar-refractivity contribution is -0.150. The van der Waals surface area contributed by atoms with Crippen LogP contribution in [0.4, 0.5) is 28.8 Å². The number of aryl methyl sites for hydroxylation is 1. The molecular formula is C48H57ClN9O5P. The number of hydrogen-bond donors (Lipinski definition) is 2. The Bertz CT molecular complexity index is 2540. The second-order valence-electron chi connectivity index (χ2n) is 17.3. The molecule has 1 unspecified atom stereocenters. The first-order valence-electron chi connectivity index (χ1n) is 22.2. The first-order chi connectivity index (χ1) is 30.8. The molecule has 4 aliphatic heterocycles. The third-order valence-corrected chi connectivity index (χ3v) is 14.8. The molecule has 0 bridgehead atoms. The molecule has 14 nitrogen and oxygen atoms in total. The van der Waals surface area contributed by atoms with Gasteiger partial charge in [0.15, 0.2) is 5.82 Å². The maximum Gasteiger partial charge on any atom is 0.255 e. The van der Waals surface area contributed by atoms with Crippen LogP contribution in [0.5, 0.6) is 5.75 Å². The molecule has 4 aliphatic rings. The van der Waals surface area contributed by atoms with Crippen LogP contribution in [-0.4, -0.2) is 133 Å². The van der Waals surface area contributed by atoms with E-state index in [2.05, 4.69) is 66.2 Å². The minimum Gasteiger partial charge on any atom is -0.494 e. The second-order valence-corrected chi connectivity index (χ2v) is 20.9. The van der Waals surface area contributed by atoms with Crippen molar-refractivity contribution in [2.24, 2.45) is 0 Å². The number of carbonyl (C=O) groups is 3. The Morgan fingerprint density at radius 1 is 0.938 bits per heavy atom. The van der Waals surface area contributed by atoms with E-state index in [1.807, 2.05) is 36.4 Å². The molecule has 336 valence electrons. The maximum absolute atomic E-state index is 13.3. The van der Waals surface area contributed by atoms with Gasteiger partial charge in [0, 0.05) is 106 Å². The molecule has 3 fully saturated rings. The number of halogens is 1. The number of methoxy groups -OCH3 is 1. The lowest BCUT2D eigenvalue weighted by atomic mass is 9.99. The number of aromatic nitrogens is 2. The van der Waals surface area contributed by atoms with Crippen LogP contribution in [0.15, 0.2) is 60.8 Å². The van der Waals surface area contributed by atoms with Gasteiger partial charge >= 0.3 is 0 Å². The molecule has 0 saturated carbocycles. The van der Waals surface area contributed by atoms with Crippen LogP contribution in [0.3, 0.4) is 0 Å². The Balaban J connectivity index is 0.828. The number of piperazine rings is 1. The summed E-state index contributed by atoms with van der Waals surface area (Å²) in [5, 5.41) is 7.70. The van der Waals surface area contributed by atoms with E-state index in [4.69, 9.17) is 16.3 Å². The van der Waals surface area contributed by atoms with Gasteiger partial charge in [-0.3, -0.25) is 29.1 Å². The average molecular weight is 906 g/mol. The van der Waals surface area contributed by atoms with E-state index in [0.29, 0.717) is 52.8 Å². The van der Waals surface area contributed by atoms with Gasteiger partial charge in [-0.1, -0.05) is 48.6 Å². The number of rotatable bonds is 12. The van der Waals surface area contributed by atoms with Crippen LogP contribution in [-0.2, 0) is 27.1 Å². The summed E-state index contributed by atoms with van der Waals surface area (Å²) in [7, 11) is 0.605. The number of para-hydroxylation sites is 1. The molecule has 0 spiro atoms. The molecule has 3 aromatic carbocycles. The van der Waals surface area contributed by atoms with Crippen molar-refractivity contribution < 1.29 is 23.7 Å². The Morgan fingerprint density at radius 3 is 2.44 bits per heavy atom. The number of benzene rings is 3. The third kappa shape index (κ3) is 9.64. The monoisotopic (exact) mass is 905 g/mol. The number of hydrogen-bond acceptors (Lipinski definition) is 12. The molecule has 64 heavy (non-hydrogen) atoms. The lowest BCUT2D eigenvalue weighted by Gasteiger charge is -2.43. The number of ether oxygens (including phenoxy) is 1. The minimum absolute atomic E-state index is 0.168. The average Bonchev–Trinajstić information content (AvgIpc) is 3.64. The van der Waals surface area contributed by atoms with Crippen LogP contribution in [0.25, 0.3) is 0 Å². The predicted octanol–water partition coefficient (Wildman–Crippen LogP) is 6.57. The molecule has 2 N–H and O–H groups in total. The lowest BCUT2D eigenvalue weighted by Crippen LogP contribution is -2.53. The summed E-state index contributed by atoms with van der Waals surface area (Å²) in [6.07, 6.45) is 5.91. The number of piperidine rings is 2. The highest BCUT2D eigenvalue weighted by Crippen LogP contribution is 2.40. The molecular weight excluding hydrogens is 849 g/mol. The van der Waals surface area contributed by atoms with E-state index in [9.17, 15) is 18.9 Å². The van der Waals surface area contributed by atoms with Crippen molar-refractivity contribution in [3.05, 3.63) is 88.1 Å². The first kappa shape index (κ1) is 45.1. The summed E-state index contributed by atoms with van der Waals surface area (Å²) < 4.78 is 18.9. The predicted molar refractivity (Wildman–Crippen MR) is 253 cm³/mol. The summed E-state index contributed by atoms with van der Waals surface area (Å²) in [6.45, 7) is 12.9. The number of fused-ring (bicyclic) bond motifs is 1. The number of nitrogens with zero attached hydrogens (tertiary/aromatic N) is 7. The van der Waals surface area contributed by atoms with Gasteiger partial charge in [-0.25, -0.2) is 4.98 Å². The Labute approximate surface area is 381 Å². The fraction of sp³-hybridized carbons (Fsp3) is 0.438. The number of carbonyl (C=O) groups excluding carboxylic acids is 3. The van der Waals surface area contributed by atoms with Crippen LogP contribution in [0.2, 0.25) is 5.02 Å². The van der Waals surface area contributed by atoms with E-state index in [-0.39, 0.29) is 24.1 Å². The van der Waals surface area contributed by atoms with Gasteiger partial charge in [0.25, 0.3) is 11.8 Å². The number of nitrogens with one attached hydrogen (secondary N) is 2. The minimum atomic E-state index is -2.56. The van der Waals surface area contributed by atoms with Gasteiger partial charge in [0.05, 0.1) is 24.7 Å². The van der Waals surface area contributed by atoms with E-state index in [1.54, 1.807) is 37.6 Å². The Hall–Kier alpha value is -5.45. The quantitative estimate of drug-likeness (QED) is 0.0903. The van der Waals surface area contributed by atoms with Crippen LogP contribution in [0, 0.1) is 11.8 Å². The van der Waals surface area contributed by atoms with Crippen molar-refractivity contribution >= 4 is 70.6 Å². The summed E-state index contributed by atoms with van der Waals surface area (Å²) in [5.41, 5.74) is 6.13. The van der Waals surface area contributed by atoms with E-state index >= 15 is 0 Å². The van der Waals surface area contributed by atoms with Gasteiger partial charge in [0.2, 0.25) is 11.9 Å². The van der Waals surface area contributed by atoms with Crippen molar-refractivity contribution in [1.29, 1.82) is 0 Å². The topological polar surface area (TPSA) is 144 Å². The van der Waals surface area contributed by atoms with E-state index < -0.39 is 13.2 Å². The molecule has 0 radical (unpaired) electrons. The highest BCUT2D eigenvalue weighted by molar-refractivity contribution is 7.70. The molecule has 5 heterocycles. The summed E-state index contributed by atoms with van der Waals surface area (Å²) in [6, 6.07) is 17.3. The number of likely N-dealkylation sites (tertiary alicyclic amines) is 1. The van der Waals surface area contributed by atoms with Crippen molar-refractivity contribution in [2.45, 2.75) is 64.1 Å². The highest BCUT2D eigenvalue weighted by Gasteiger charge is 2.42. The zero-order chi connectivity index (χ0) is 45.1. The summed E-state index contributed by atoms with van der Waals surface area (Å²) >= 11 is 6.53. The zero-order valence-electron chi connectivity index (χ0n) is 37.3. The van der Waals surface area contributed by atoms with E-state index in [0.717, 1.165) is 98.5 Å². The Morgan fingerprint density at radius 2 is 1.70 bits per heavy atom. The molecule has 0 aliphatic carbocycles. The third-order valence-electron chi connectivity index (χ3n) is 13.0. The Kier molecular flexibility index (Phi) is 13.6. The molecule has 1 atom stereocenters. The van der Waals surface area contributed by atoms with Crippen molar-refractivity contribution in [3.63, 3.8) is 0 Å². The van der Waals surface area contributed by atoms with Crippen molar-refractivity contribution in [2.75, 3.05) is 88.8 Å². The number of anilines is 5. The normalized spacial score (nSPS) is 18.8. The second kappa shape index (κ2) is 19.3.